The molecule has 0 aliphatic heterocycles. The number of nitrogens with one attached hydrogen (secondary N) is 1. The number of hydrogen-bond donors (Lipinski definition) is 1. The largest absolute Gasteiger partial charge is 0.491 e. The van der Waals surface area contributed by atoms with Gasteiger partial charge >= 0.3 is 0 Å². The van der Waals surface area contributed by atoms with Crippen molar-refractivity contribution in [3.8, 4) is 16.3 Å². The van der Waals surface area contributed by atoms with Crippen LogP contribution in [0.4, 0.5) is 0 Å². The Kier molecular flexibility index (Phi) is 6.14. The van der Waals surface area contributed by atoms with Gasteiger partial charge in [-0.2, -0.15) is 0 Å². The molecular formula is C16H23N3OS. The molecule has 0 spiro atoms. The molecule has 0 fully saturated rings. The van der Waals surface area contributed by atoms with Gasteiger partial charge in [-0.25, -0.2) is 0 Å². The fraction of sp³-hybridized carbons (Fsp3) is 0.500. The third-order valence-electron chi connectivity index (χ3n) is 2.91. The fourth-order valence-corrected chi connectivity index (χ4v) is 2.86. The van der Waals surface area contributed by atoms with Crippen LogP contribution in [0.5, 0.6) is 5.75 Å². The molecule has 21 heavy (non-hydrogen) atoms. The molecule has 0 aliphatic rings. The van der Waals surface area contributed by atoms with Gasteiger partial charge < -0.3 is 10.1 Å². The Hall–Kier alpha value is -1.46. The highest BCUT2D eigenvalue weighted by atomic mass is 32.1. The van der Waals surface area contributed by atoms with Crippen LogP contribution in [0.3, 0.4) is 0 Å². The van der Waals surface area contributed by atoms with Crippen molar-refractivity contribution in [1.29, 1.82) is 0 Å². The summed E-state index contributed by atoms with van der Waals surface area (Å²) in [7, 11) is 0. The minimum absolute atomic E-state index is 0.177. The molecule has 1 aromatic heterocycles. The second kappa shape index (κ2) is 8.10. The van der Waals surface area contributed by atoms with Crippen LogP contribution in [0.2, 0.25) is 0 Å². The third-order valence-corrected chi connectivity index (χ3v) is 3.95. The number of rotatable bonds is 8. The minimum Gasteiger partial charge on any atom is -0.491 e. The van der Waals surface area contributed by atoms with E-state index in [9.17, 15) is 0 Å². The van der Waals surface area contributed by atoms with Gasteiger partial charge in [-0.3, -0.25) is 0 Å². The maximum absolute atomic E-state index is 5.72. The maximum Gasteiger partial charge on any atom is 0.147 e. The van der Waals surface area contributed by atoms with Crippen LogP contribution < -0.4 is 10.1 Å². The highest BCUT2D eigenvalue weighted by molar-refractivity contribution is 7.14. The number of aryl methyl sites for hydroxylation is 1. The molecule has 0 radical (unpaired) electrons. The first-order valence-electron chi connectivity index (χ1n) is 7.49. The molecule has 0 saturated carbocycles. The number of aromatic nitrogens is 2. The standard InChI is InChI=1S/C16H23N3OS/c1-4-17-10-6-9-15-18-19-16(21-15)13-7-5-8-14(11-13)20-12(2)3/h5,7-8,11-12,17H,4,6,9-10H2,1-3H3. The van der Waals surface area contributed by atoms with Crippen LogP contribution >= 0.6 is 11.3 Å². The van der Waals surface area contributed by atoms with Crippen LogP contribution in [0, 0.1) is 0 Å². The monoisotopic (exact) mass is 305 g/mol. The Bertz CT molecular complexity index is 554. The predicted octanol–water partition coefficient (Wildman–Crippen LogP) is 3.53. The Morgan fingerprint density at radius 3 is 2.90 bits per heavy atom. The lowest BCUT2D eigenvalue weighted by Gasteiger charge is -2.09. The molecule has 5 heteroatoms. The molecule has 0 atom stereocenters. The van der Waals surface area contributed by atoms with E-state index in [1.165, 1.54) is 0 Å². The molecular weight excluding hydrogens is 282 g/mol. The second-order valence-corrected chi connectivity index (χ2v) is 6.21. The van der Waals surface area contributed by atoms with E-state index in [1.807, 2.05) is 32.0 Å². The van der Waals surface area contributed by atoms with Crippen LogP contribution in [-0.4, -0.2) is 29.4 Å². The van der Waals surface area contributed by atoms with E-state index in [1.54, 1.807) is 11.3 Å². The number of benzene rings is 1. The Morgan fingerprint density at radius 2 is 2.14 bits per heavy atom. The Balaban J connectivity index is 2.00. The molecule has 0 aliphatic carbocycles. The van der Waals surface area contributed by atoms with E-state index in [4.69, 9.17) is 4.74 Å². The van der Waals surface area contributed by atoms with E-state index in [2.05, 4.69) is 28.5 Å². The molecule has 1 heterocycles. The molecule has 114 valence electrons. The number of hydrogen-bond acceptors (Lipinski definition) is 5. The van der Waals surface area contributed by atoms with Crippen molar-refractivity contribution in [2.24, 2.45) is 0 Å². The van der Waals surface area contributed by atoms with Gasteiger partial charge in [-0.15, -0.1) is 10.2 Å². The van der Waals surface area contributed by atoms with Gasteiger partial charge in [0.05, 0.1) is 6.10 Å². The third kappa shape index (κ3) is 5.10. The van der Waals surface area contributed by atoms with Crippen molar-refractivity contribution < 1.29 is 4.74 Å². The first kappa shape index (κ1) is 15.9. The molecule has 0 amide bonds. The van der Waals surface area contributed by atoms with E-state index < -0.39 is 0 Å². The summed E-state index contributed by atoms with van der Waals surface area (Å²) in [6.07, 6.45) is 2.25. The molecule has 1 N–H and O–H groups in total. The summed E-state index contributed by atoms with van der Waals surface area (Å²) >= 11 is 1.67. The first-order chi connectivity index (χ1) is 10.2. The highest BCUT2D eigenvalue weighted by Crippen LogP contribution is 2.27. The molecule has 4 nitrogen and oxygen atoms in total. The maximum atomic E-state index is 5.72. The summed E-state index contributed by atoms with van der Waals surface area (Å²) in [4.78, 5) is 0. The van der Waals surface area contributed by atoms with Gasteiger partial charge in [0.2, 0.25) is 0 Å². The summed E-state index contributed by atoms with van der Waals surface area (Å²) in [5.41, 5.74) is 1.07. The minimum atomic E-state index is 0.177. The van der Waals surface area contributed by atoms with E-state index in [-0.39, 0.29) is 6.10 Å². The predicted molar refractivity (Wildman–Crippen MR) is 88.0 cm³/mol. The smallest absolute Gasteiger partial charge is 0.147 e. The van der Waals surface area contributed by atoms with Gasteiger partial charge in [0, 0.05) is 12.0 Å². The van der Waals surface area contributed by atoms with Crippen molar-refractivity contribution in [3.05, 3.63) is 29.3 Å². The summed E-state index contributed by atoms with van der Waals surface area (Å²) < 4.78 is 5.72. The van der Waals surface area contributed by atoms with Crippen molar-refractivity contribution >= 4 is 11.3 Å². The average Bonchev–Trinajstić information content (AvgIpc) is 2.92. The summed E-state index contributed by atoms with van der Waals surface area (Å²) in [5, 5.41) is 14.0. The number of ether oxygens (including phenoxy) is 1. The van der Waals surface area contributed by atoms with E-state index >= 15 is 0 Å². The summed E-state index contributed by atoms with van der Waals surface area (Å²) in [6.45, 7) is 8.22. The zero-order valence-electron chi connectivity index (χ0n) is 12.9. The quantitative estimate of drug-likeness (QED) is 0.758. The zero-order valence-corrected chi connectivity index (χ0v) is 13.7. The van der Waals surface area contributed by atoms with Crippen molar-refractivity contribution in [2.45, 2.75) is 39.7 Å². The fourth-order valence-electron chi connectivity index (χ4n) is 1.99. The molecule has 0 bridgehead atoms. The Labute approximate surface area is 130 Å². The lowest BCUT2D eigenvalue weighted by molar-refractivity contribution is 0.242. The van der Waals surface area contributed by atoms with Crippen LogP contribution in [0.15, 0.2) is 24.3 Å². The summed E-state index contributed by atoms with van der Waals surface area (Å²) in [6, 6.07) is 8.06. The van der Waals surface area contributed by atoms with Gasteiger partial charge in [0.25, 0.3) is 0 Å². The van der Waals surface area contributed by atoms with Gasteiger partial charge in [0.15, 0.2) is 0 Å². The summed E-state index contributed by atoms with van der Waals surface area (Å²) in [5.74, 6) is 0.881. The molecule has 0 saturated heterocycles. The Morgan fingerprint density at radius 1 is 1.29 bits per heavy atom. The van der Waals surface area contributed by atoms with Crippen molar-refractivity contribution in [2.75, 3.05) is 13.1 Å². The van der Waals surface area contributed by atoms with E-state index in [0.29, 0.717) is 0 Å². The van der Waals surface area contributed by atoms with Crippen LogP contribution in [0.25, 0.3) is 10.6 Å². The van der Waals surface area contributed by atoms with Crippen molar-refractivity contribution in [3.63, 3.8) is 0 Å². The van der Waals surface area contributed by atoms with Crippen LogP contribution in [-0.2, 0) is 6.42 Å². The van der Waals surface area contributed by atoms with Gasteiger partial charge in [-0.1, -0.05) is 30.4 Å². The molecule has 1 aromatic carbocycles. The van der Waals surface area contributed by atoms with Gasteiger partial charge in [-0.05, 0) is 45.5 Å². The van der Waals surface area contributed by atoms with Crippen LogP contribution in [0.1, 0.15) is 32.2 Å². The second-order valence-electron chi connectivity index (χ2n) is 5.15. The number of nitrogens with zero attached hydrogens (tertiary/aromatic N) is 2. The van der Waals surface area contributed by atoms with Gasteiger partial charge in [0.1, 0.15) is 15.8 Å². The topological polar surface area (TPSA) is 47.0 Å². The average molecular weight is 305 g/mol. The lowest BCUT2D eigenvalue weighted by atomic mass is 10.2. The normalized spacial score (nSPS) is 11.0. The van der Waals surface area contributed by atoms with Crippen molar-refractivity contribution in [1.82, 2.24) is 15.5 Å². The molecule has 2 aromatic rings. The first-order valence-corrected chi connectivity index (χ1v) is 8.31. The lowest BCUT2D eigenvalue weighted by Crippen LogP contribution is -2.14. The molecule has 2 rings (SSSR count). The SMILES string of the molecule is CCNCCCc1nnc(-c2cccc(OC(C)C)c2)s1. The van der Waals surface area contributed by atoms with E-state index in [0.717, 1.165) is 47.3 Å². The highest BCUT2D eigenvalue weighted by Gasteiger charge is 2.08. The molecule has 0 unspecified atom stereocenters. The zero-order chi connectivity index (χ0) is 15.1.